The van der Waals surface area contributed by atoms with Crippen LogP contribution in [0.4, 0.5) is 27.9 Å². The van der Waals surface area contributed by atoms with Crippen LogP contribution in [-0.2, 0) is 35.8 Å². The molecule has 0 aliphatic carbocycles. The molecule has 4 fully saturated rings. The molecule has 0 atom stereocenters. The number of benzene rings is 6. The number of aliphatic carboxylic acids is 1. The van der Waals surface area contributed by atoms with E-state index in [1.807, 2.05) is 128 Å². The first-order valence-electron chi connectivity index (χ1n) is 49.4. The Morgan fingerprint density at radius 2 is 0.910 bits per heavy atom. The van der Waals surface area contributed by atoms with Gasteiger partial charge in [-0.3, -0.25) is 66.1 Å². The molecule has 0 unspecified atom stereocenters. The number of phenolic OH excluding ortho intramolecular Hbond substituents is 4. The lowest BCUT2D eigenvalue weighted by molar-refractivity contribution is -0.143. The Labute approximate surface area is 837 Å². The van der Waals surface area contributed by atoms with Gasteiger partial charge in [0.25, 0.3) is 23.6 Å². The highest BCUT2D eigenvalue weighted by Crippen LogP contribution is 2.43. The molecule has 12 heterocycles. The number of hydrogen-bond donors (Lipinski definition) is 12. The summed E-state index contributed by atoms with van der Waals surface area (Å²) in [6, 6.07) is 29.1. The summed E-state index contributed by atoms with van der Waals surface area (Å²) >= 11 is 0. The summed E-state index contributed by atoms with van der Waals surface area (Å²) in [7, 11) is 2.16. The second kappa shape index (κ2) is 48.1. The Kier molecular flexibility index (Phi) is 34.0. The van der Waals surface area contributed by atoms with E-state index in [2.05, 4.69) is 96.5 Å². The highest BCUT2D eigenvalue weighted by Gasteiger charge is 2.34. The van der Waals surface area contributed by atoms with E-state index in [4.69, 9.17) is 41.8 Å². The van der Waals surface area contributed by atoms with E-state index in [0.29, 0.717) is 159 Å². The molecule has 6 aromatic heterocycles. The van der Waals surface area contributed by atoms with Crippen molar-refractivity contribution in [1.29, 1.82) is 0 Å². The van der Waals surface area contributed by atoms with E-state index < -0.39 is 36.8 Å². The maximum Gasteiger partial charge on any atom is 0.306 e. The van der Waals surface area contributed by atoms with E-state index in [1.165, 1.54) is 36.9 Å². The number of aromatic hydroxyl groups is 4. The summed E-state index contributed by atoms with van der Waals surface area (Å²) in [5.74, 6) is 1.63. The van der Waals surface area contributed by atoms with Crippen molar-refractivity contribution in [2.24, 2.45) is 21.8 Å². The quantitative estimate of drug-likeness (QED) is 0.0188. The van der Waals surface area contributed by atoms with Crippen molar-refractivity contribution in [3.05, 3.63) is 178 Å². The third-order valence-electron chi connectivity index (χ3n) is 26.2. The number of hydrogen-bond acceptors (Lipinski definition) is 33. The molecular weight excluding hydrogens is 1860 g/mol. The molecule has 766 valence electrons. The summed E-state index contributed by atoms with van der Waals surface area (Å²) in [5.41, 5.74) is 18.6. The first-order chi connectivity index (χ1) is 70.6. The third kappa shape index (κ3) is 24.4. The number of amides is 5. The Bertz CT molecular complexity index is 6800. The number of rotatable bonds is 30. The topological polar surface area (TPSA) is 542 Å². The van der Waals surface area contributed by atoms with Gasteiger partial charge in [-0.05, 0) is 173 Å². The van der Waals surface area contributed by atoms with Gasteiger partial charge in [0, 0.05) is 183 Å². The summed E-state index contributed by atoms with van der Waals surface area (Å²) in [6.45, 7) is 29.3. The first kappa shape index (κ1) is 102. The molecule has 145 heavy (non-hydrogen) atoms. The van der Waals surface area contributed by atoms with Gasteiger partial charge in [-0.25, -0.2) is 29.9 Å². The number of fused-ring (bicyclic) bond motifs is 6. The van der Waals surface area contributed by atoms with Gasteiger partial charge in [0.1, 0.15) is 45.7 Å². The number of phenols is 4. The second-order valence-electron chi connectivity index (χ2n) is 36.3. The van der Waals surface area contributed by atoms with Crippen LogP contribution >= 0.6 is 0 Å². The number of nitrogen functional groups attached to an aromatic ring is 2. The molecule has 44 heteroatoms. The van der Waals surface area contributed by atoms with Crippen molar-refractivity contribution < 1.29 is 79.0 Å². The number of aromatic nitrogens is 14. The number of nitrogens with zero attached hydrogens (tertiary/aromatic N) is 21. The normalized spacial score (nSPS) is 15.5. The van der Waals surface area contributed by atoms with Crippen molar-refractivity contribution in [1.82, 2.24) is 109 Å². The van der Waals surface area contributed by atoms with E-state index >= 15 is 0 Å². The SMILES string of the molecule is CCNC(=O)c1nnc(-c2cc(C(C)C)c(O)cc2O)n1-c1ccc(CN2CCC(C(=O)N3CCN(CCCOc4ccc5c6n(c(=NC(=O)c7cnc(N)nc7)nc5c4OC)CCN6)CC3)CC2)cc1.CCNC(=O)c1nnc(-c2cc(C(C)C)c(O)cc2O)n1-c1ccc(CN2CCC(C(=O)O)CC2)cc1.COc1c(OCCCN2CCNCC2)ccc2c3n(c(=NC(=O)c4cnc(N)nc4)nc12)CCN3.[2H]CF. The number of halogens is 1. The van der Waals surface area contributed by atoms with Crippen LogP contribution in [0, 0.1) is 11.8 Å². The van der Waals surface area contributed by atoms with E-state index in [0.717, 1.165) is 138 Å². The molecule has 6 aliphatic heterocycles. The van der Waals surface area contributed by atoms with Gasteiger partial charge < -0.3 is 92.3 Å². The lowest BCUT2D eigenvalue weighted by Gasteiger charge is -2.38. The van der Waals surface area contributed by atoms with E-state index in [-0.39, 0.29) is 110 Å². The van der Waals surface area contributed by atoms with Gasteiger partial charge in [0.2, 0.25) is 40.7 Å². The number of likely N-dealkylation sites (tertiary alicyclic amines) is 2. The molecule has 43 nitrogen and oxygen atoms in total. The predicted molar refractivity (Wildman–Crippen MR) is 540 cm³/mol. The summed E-state index contributed by atoms with van der Waals surface area (Å²) in [4.78, 5) is 122. The van der Waals surface area contributed by atoms with Crippen LogP contribution in [0.2, 0.25) is 0 Å². The number of carbonyl (C=O) groups excluding carboxylic acids is 5. The van der Waals surface area contributed by atoms with Crippen molar-refractivity contribution in [2.75, 3.05) is 174 Å². The average Bonchev–Trinajstić information content (AvgIpc) is 0.935. The number of nitrogens with one attached hydrogen (secondary N) is 5. The van der Waals surface area contributed by atoms with Gasteiger partial charge >= 0.3 is 5.97 Å². The predicted octanol–water partition coefficient (Wildman–Crippen LogP) is 8.30. The van der Waals surface area contributed by atoms with Gasteiger partial charge in [-0.2, -0.15) is 9.98 Å². The molecule has 0 spiro atoms. The minimum atomic E-state index is -1.00. The lowest BCUT2D eigenvalue weighted by atomic mass is 9.94. The van der Waals surface area contributed by atoms with E-state index in [1.54, 1.807) is 35.5 Å². The van der Waals surface area contributed by atoms with Crippen LogP contribution in [0.25, 0.3) is 56.0 Å². The molecule has 0 bridgehead atoms. The minimum absolute atomic E-state index is 0.00145. The van der Waals surface area contributed by atoms with Crippen molar-refractivity contribution in [2.45, 2.75) is 118 Å². The van der Waals surface area contributed by atoms with E-state index in [9.17, 15) is 58.7 Å². The average molecular weight is 1990 g/mol. The monoisotopic (exact) mass is 1990 g/mol. The number of nitrogens with two attached hydrogens (primary N) is 2. The highest BCUT2D eigenvalue weighted by atomic mass is 19.1. The Morgan fingerprint density at radius 3 is 1.30 bits per heavy atom. The van der Waals surface area contributed by atoms with Gasteiger partial charge in [-0.1, -0.05) is 52.0 Å². The number of carboxylic acids is 1. The van der Waals surface area contributed by atoms with Crippen molar-refractivity contribution in [3.63, 3.8) is 0 Å². The largest absolute Gasteiger partial charge is 0.508 e. The number of alkyl halides is 1. The number of carbonyl (C=O) groups is 6. The molecule has 12 aromatic rings. The zero-order valence-electron chi connectivity index (χ0n) is 83.5. The molecule has 4 saturated heterocycles. The minimum Gasteiger partial charge on any atom is -0.508 e. The molecule has 6 aliphatic rings. The van der Waals surface area contributed by atoms with Gasteiger partial charge in [0.15, 0.2) is 34.6 Å². The fourth-order valence-corrected chi connectivity index (χ4v) is 18.6. The van der Waals surface area contributed by atoms with Crippen molar-refractivity contribution in [3.8, 4) is 80.1 Å². The summed E-state index contributed by atoms with van der Waals surface area (Å²) in [5, 5.41) is 85.9. The van der Waals surface area contributed by atoms with Crippen LogP contribution in [0.3, 0.4) is 0 Å². The third-order valence-corrected chi connectivity index (χ3v) is 26.2. The maximum absolute atomic E-state index is 13.7. The Morgan fingerprint density at radius 1 is 0.510 bits per heavy atom. The second-order valence-corrected chi connectivity index (χ2v) is 36.3. The van der Waals surface area contributed by atoms with Gasteiger partial charge in [0.05, 0.1) is 64.1 Å². The molecule has 5 amide bonds. The van der Waals surface area contributed by atoms with Crippen LogP contribution in [0.1, 0.15) is 157 Å². The van der Waals surface area contributed by atoms with Crippen LogP contribution < -0.4 is 68.2 Å². The molecule has 6 aromatic carbocycles. The fourth-order valence-electron chi connectivity index (χ4n) is 18.6. The summed E-state index contributed by atoms with van der Waals surface area (Å²) in [6.07, 6.45) is 9.93. The van der Waals surface area contributed by atoms with Crippen molar-refractivity contribution >= 4 is 80.8 Å². The number of anilines is 4. The highest BCUT2D eigenvalue weighted by molar-refractivity contribution is 5.99. The molecule has 18 rings (SSSR count). The number of piperazine rings is 2. The first-order valence-corrected chi connectivity index (χ1v) is 48.7. The lowest BCUT2D eigenvalue weighted by Crippen LogP contribution is -2.51. The van der Waals surface area contributed by atoms with Crippen LogP contribution in [-0.4, -0.2) is 306 Å². The smallest absolute Gasteiger partial charge is 0.306 e. The Balaban J connectivity index is 0.000000179. The summed E-state index contributed by atoms with van der Waals surface area (Å²) < 4.78 is 46.4. The van der Waals surface area contributed by atoms with Crippen LogP contribution in [0.5, 0.6) is 46.0 Å². The number of carboxylic acid groups (broad SMARTS) is 1. The number of methoxy groups -OCH3 is 2. The molecule has 0 radical (unpaired) electrons. The molecular formula is C101H125FN28O15. The zero-order chi connectivity index (χ0) is 103. The standard InChI is InChI=1S/C50H60N14O7.C27H33N5O5.C23H29N9O3.CH3F/c1-5-52-47(68)45-59-58-44(37-25-36(30(2)3)38(65)26-39(37)66)64(45)34-9-7-31(8-10-34)29-61-17-13-32(14-18-61)48(69)62-22-20-60(21-23-62)16-6-24-71-40-12-11-35-41(42(40)70-4)56-50(63-19-15-53-43(35)63)57-46(67)33-27-54-49(51)55-28-33;1-4-28-26(35)25-30-29-24(21-13-20(16(2)3)22(33)14-23(21)34)32(25)19-7-5-17(6-8-19)15-31-11-9-18(10-12-31)27(36)37;1-34-19-17(35-12-2-8-31-9-5-25-6-10-31)4-3-16-18(19)29-23(32-11-7-26-20(16)32)30-21(33)15-13-27-22(24)28-14-15;1-2/h7-12,25-28,30,32,53,65-66H,5-6,13-24,29H2,1-4H3,(H,52,68)(H2,51,54,55);5-8,13-14,16,18,33-34H,4,9-12,15H2,1-3H3,(H,28,35)(H,36,37);3-4,13-14,25-26H,2,5-12H2,1H3,(H2,24,27,28);1H3/i;;;1D. The van der Waals surface area contributed by atoms with Crippen LogP contribution in [0.15, 0.2) is 132 Å². The Hall–Kier alpha value is -15.4. The molecule has 0 saturated carbocycles. The fraction of sp³-hybridized carbons (Fsp3) is 0.426. The maximum atomic E-state index is 13.7. The number of piperidine rings is 2. The zero-order valence-corrected chi connectivity index (χ0v) is 82.5. The van der Waals surface area contributed by atoms with Gasteiger partial charge in [-0.15, -0.1) is 20.4 Å². The number of ether oxygens (including phenoxy) is 4. The molecule has 14 N–H and O–H groups in total.